The molecule has 0 aliphatic heterocycles. The van der Waals surface area contributed by atoms with E-state index in [2.05, 4.69) is 4.72 Å². The van der Waals surface area contributed by atoms with Gasteiger partial charge in [0.2, 0.25) is 0 Å². The fourth-order valence-corrected chi connectivity index (χ4v) is 3.59. The molecule has 0 bridgehead atoms. The molecule has 120 valence electrons. The minimum absolute atomic E-state index is 0.0349. The van der Waals surface area contributed by atoms with Crippen molar-refractivity contribution < 1.29 is 18.1 Å². The highest BCUT2D eigenvalue weighted by molar-refractivity contribution is 7.93. The molecular weight excluding hydrogens is 322 g/mol. The van der Waals surface area contributed by atoms with Gasteiger partial charge in [-0.05, 0) is 24.6 Å². The van der Waals surface area contributed by atoms with E-state index in [1.165, 1.54) is 43.3 Å². The molecule has 9 heteroatoms. The van der Waals surface area contributed by atoms with Crippen LogP contribution in [0.4, 0.5) is 11.4 Å². The summed E-state index contributed by atoms with van der Waals surface area (Å²) < 4.78 is 27.3. The van der Waals surface area contributed by atoms with Crippen molar-refractivity contribution >= 4 is 27.3 Å². The number of hydrogen-bond donors (Lipinski definition) is 2. The van der Waals surface area contributed by atoms with E-state index in [-0.39, 0.29) is 16.8 Å². The second kappa shape index (κ2) is 6.05. The first-order chi connectivity index (χ1) is 10.7. The van der Waals surface area contributed by atoms with Gasteiger partial charge in [0.05, 0.1) is 16.2 Å². The van der Waals surface area contributed by atoms with Gasteiger partial charge in [-0.3, -0.25) is 19.6 Å². The number of carbonyl (C=O) groups is 1. The fraction of sp³-hybridized carbons (Fsp3) is 0.0714. The average molecular weight is 335 g/mol. The number of primary amides is 1. The van der Waals surface area contributed by atoms with Gasteiger partial charge in [0.15, 0.2) is 4.90 Å². The summed E-state index contributed by atoms with van der Waals surface area (Å²) in [5, 5.41) is 11.1. The lowest BCUT2D eigenvalue weighted by Crippen LogP contribution is -2.20. The molecule has 0 saturated carbocycles. The summed E-state index contributed by atoms with van der Waals surface area (Å²) in [4.78, 5) is 21.2. The minimum Gasteiger partial charge on any atom is -0.366 e. The van der Waals surface area contributed by atoms with Crippen molar-refractivity contribution in [1.29, 1.82) is 0 Å². The zero-order chi connectivity index (χ0) is 17.2. The Kier molecular flexibility index (Phi) is 4.32. The molecule has 0 fully saturated rings. The number of nitrogens with one attached hydrogen (secondary N) is 1. The van der Waals surface area contributed by atoms with Crippen LogP contribution in [0.25, 0.3) is 0 Å². The molecule has 23 heavy (non-hydrogen) atoms. The zero-order valence-corrected chi connectivity index (χ0v) is 12.8. The maximum atomic E-state index is 12.6. The maximum Gasteiger partial charge on any atom is 0.290 e. The van der Waals surface area contributed by atoms with Gasteiger partial charge < -0.3 is 5.73 Å². The van der Waals surface area contributed by atoms with Crippen LogP contribution < -0.4 is 10.5 Å². The Hall–Kier alpha value is -2.94. The van der Waals surface area contributed by atoms with Crippen LogP contribution in [-0.2, 0) is 10.0 Å². The number of nitro benzene ring substituents is 1. The Balaban J connectivity index is 2.58. The van der Waals surface area contributed by atoms with E-state index in [9.17, 15) is 23.3 Å². The number of aryl methyl sites for hydroxylation is 1. The number of amides is 1. The van der Waals surface area contributed by atoms with Gasteiger partial charge in [-0.1, -0.05) is 24.3 Å². The molecule has 8 nitrogen and oxygen atoms in total. The predicted octanol–water partition coefficient (Wildman–Crippen LogP) is 1.80. The maximum absolute atomic E-state index is 12.6. The van der Waals surface area contributed by atoms with Gasteiger partial charge in [-0.2, -0.15) is 0 Å². The average Bonchev–Trinajstić information content (AvgIpc) is 2.46. The van der Waals surface area contributed by atoms with Gasteiger partial charge in [-0.15, -0.1) is 0 Å². The summed E-state index contributed by atoms with van der Waals surface area (Å²) in [5.41, 5.74) is 4.78. The van der Waals surface area contributed by atoms with E-state index in [4.69, 9.17) is 5.73 Å². The molecule has 0 aromatic heterocycles. The Bertz CT molecular complexity index is 893. The van der Waals surface area contributed by atoms with Crippen molar-refractivity contribution in [3.05, 3.63) is 63.7 Å². The fourth-order valence-electron chi connectivity index (χ4n) is 2.11. The first-order valence-electron chi connectivity index (χ1n) is 6.39. The van der Waals surface area contributed by atoms with E-state index in [0.717, 1.165) is 6.07 Å². The van der Waals surface area contributed by atoms with Gasteiger partial charge in [0.1, 0.15) is 0 Å². The van der Waals surface area contributed by atoms with Crippen LogP contribution in [0.5, 0.6) is 0 Å². The van der Waals surface area contributed by atoms with Crippen LogP contribution in [0, 0.1) is 17.0 Å². The summed E-state index contributed by atoms with van der Waals surface area (Å²) in [5.74, 6) is -0.817. The zero-order valence-electron chi connectivity index (χ0n) is 12.0. The first-order valence-corrected chi connectivity index (χ1v) is 7.88. The Morgan fingerprint density at radius 3 is 2.43 bits per heavy atom. The molecule has 3 N–H and O–H groups in total. The molecule has 0 unspecified atom stereocenters. The van der Waals surface area contributed by atoms with Crippen LogP contribution in [-0.4, -0.2) is 19.2 Å². The van der Waals surface area contributed by atoms with Crippen molar-refractivity contribution in [2.75, 3.05) is 4.72 Å². The van der Waals surface area contributed by atoms with E-state index < -0.39 is 31.4 Å². The van der Waals surface area contributed by atoms with Crippen LogP contribution in [0.3, 0.4) is 0 Å². The third-order valence-corrected chi connectivity index (χ3v) is 4.65. The molecule has 0 saturated heterocycles. The van der Waals surface area contributed by atoms with Gasteiger partial charge >= 0.3 is 0 Å². The molecule has 0 heterocycles. The number of carbonyl (C=O) groups excluding carboxylic acids is 1. The number of nitro groups is 1. The summed E-state index contributed by atoms with van der Waals surface area (Å²) in [6.07, 6.45) is 0. The summed E-state index contributed by atoms with van der Waals surface area (Å²) in [6.45, 7) is 1.45. The molecule has 2 rings (SSSR count). The lowest BCUT2D eigenvalue weighted by molar-refractivity contribution is -0.387. The highest BCUT2D eigenvalue weighted by Crippen LogP contribution is 2.29. The smallest absolute Gasteiger partial charge is 0.290 e. The third kappa shape index (κ3) is 3.29. The number of hydrogen-bond acceptors (Lipinski definition) is 5. The molecule has 0 spiro atoms. The number of rotatable bonds is 5. The Labute approximate surface area is 132 Å². The molecule has 0 radical (unpaired) electrons. The van der Waals surface area contributed by atoms with Crippen LogP contribution in [0.15, 0.2) is 47.4 Å². The van der Waals surface area contributed by atoms with Crippen LogP contribution in [0.2, 0.25) is 0 Å². The van der Waals surface area contributed by atoms with Gasteiger partial charge in [0, 0.05) is 6.07 Å². The lowest BCUT2D eigenvalue weighted by Gasteiger charge is -2.12. The molecular formula is C14H13N3O5S. The monoisotopic (exact) mass is 335 g/mol. The van der Waals surface area contributed by atoms with Crippen LogP contribution in [0.1, 0.15) is 15.9 Å². The van der Waals surface area contributed by atoms with E-state index >= 15 is 0 Å². The van der Waals surface area contributed by atoms with Crippen LogP contribution >= 0.6 is 0 Å². The molecule has 2 aromatic carbocycles. The van der Waals surface area contributed by atoms with Crippen molar-refractivity contribution in [2.45, 2.75) is 11.8 Å². The lowest BCUT2D eigenvalue weighted by atomic mass is 10.2. The predicted molar refractivity (Wildman–Crippen MR) is 83.6 cm³/mol. The van der Waals surface area contributed by atoms with Crippen molar-refractivity contribution in [2.24, 2.45) is 5.73 Å². The van der Waals surface area contributed by atoms with E-state index in [1.807, 2.05) is 0 Å². The highest BCUT2D eigenvalue weighted by atomic mass is 32.2. The molecule has 0 aliphatic carbocycles. The van der Waals surface area contributed by atoms with Crippen molar-refractivity contribution in [3.63, 3.8) is 0 Å². The normalized spacial score (nSPS) is 11.0. The first kappa shape index (κ1) is 16.4. The second-order valence-corrected chi connectivity index (χ2v) is 6.31. The van der Waals surface area contributed by atoms with E-state index in [0.29, 0.717) is 0 Å². The molecule has 0 aliphatic rings. The minimum atomic E-state index is -4.28. The summed E-state index contributed by atoms with van der Waals surface area (Å²) >= 11 is 0. The number of para-hydroxylation sites is 1. The Morgan fingerprint density at radius 1 is 1.17 bits per heavy atom. The molecule has 2 aromatic rings. The molecule has 1 amide bonds. The largest absolute Gasteiger partial charge is 0.366 e. The summed E-state index contributed by atoms with van der Waals surface area (Å²) in [6, 6.07) is 9.67. The number of nitrogens with zero attached hydrogens (tertiary/aromatic N) is 1. The standard InChI is InChI=1S/C14H13N3O5S/c1-9-5-4-8-12(17(19)20)13(9)23(21,22)16-11-7-3-2-6-10(11)14(15)18/h2-8,16H,1H3,(H2,15,18). The second-order valence-electron chi connectivity index (χ2n) is 4.70. The van der Waals surface area contributed by atoms with Crippen molar-refractivity contribution in [1.82, 2.24) is 0 Å². The number of anilines is 1. The van der Waals surface area contributed by atoms with Gasteiger partial charge in [0.25, 0.3) is 21.6 Å². The highest BCUT2D eigenvalue weighted by Gasteiger charge is 2.28. The number of sulfonamides is 1. The molecule has 0 atom stereocenters. The Morgan fingerprint density at radius 2 is 1.83 bits per heavy atom. The number of benzene rings is 2. The quantitative estimate of drug-likeness (QED) is 0.635. The third-order valence-electron chi connectivity index (χ3n) is 3.09. The topological polar surface area (TPSA) is 132 Å². The summed E-state index contributed by atoms with van der Waals surface area (Å²) in [7, 11) is -4.28. The SMILES string of the molecule is Cc1cccc([N+](=O)[O-])c1S(=O)(=O)Nc1ccccc1C(N)=O. The van der Waals surface area contributed by atoms with Gasteiger partial charge in [-0.25, -0.2) is 8.42 Å². The number of nitrogens with two attached hydrogens (primary N) is 1. The van der Waals surface area contributed by atoms with Crippen molar-refractivity contribution in [3.8, 4) is 0 Å². The van der Waals surface area contributed by atoms with E-state index in [1.54, 1.807) is 0 Å².